The fraction of sp³-hybridized carbons (Fsp3) is 0.111. The first-order valence-corrected chi connectivity index (χ1v) is 3.41. The van der Waals surface area contributed by atoms with Crippen LogP contribution >= 0.6 is 0 Å². The number of esters is 2. The van der Waals surface area contributed by atoms with Gasteiger partial charge in [-0.2, -0.15) is 0 Å². The Bertz CT molecular complexity index is 263. The van der Waals surface area contributed by atoms with Crippen LogP contribution in [-0.4, -0.2) is 19.0 Å². The average Bonchev–Trinajstić information content (AvgIpc) is 2.15. The van der Waals surface area contributed by atoms with E-state index in [0.29, 0.717) is 0 Å². The molecule has 0 aliphatic carbocycles. The molecule has 0 radical (unpaired) electrons. The van der Waals surface area contributed by atoms with Crippen LogP contribution in [0.5, 0.6) is 0 Å². The summed E-state index contributed by atoms with van der Waals surface area (Å²) in [7, 11) is 1.18. The minimum absolute atomic E-state index is 0.220. The van der Waals surface area contributed by atoms with Crippen LogP contribution in [-0.2, 0) is 19.1 Å². The van der Waals surface area contributed by atoms with E-state index in [9.17, 15) is 9.59 Å². The third-order valence-electron chi connectivity index (χ3n) is 1.03. The maximum atomic E-state index is 10.9. The van der Waals surface area contributed by atoms with Crippen molar-refractivity contribution in [2.75, 3.05) is 7.11 Å². The van der Waals surface area contributed by atoms with Crippen molar-refractivity contribution in [1.82, 2.24) is 0 Å². The maximum absolute atomic E-state index is 10.9. The van der Waals surface area contributed by atoms with Crippen molar-refractivity contribution in [3.05, 3.63) is 37.1 Å². The van der Waals surface area contributed by atoms with Crippen molar-refractivity contribution in [2.45, 2.75) is 0 Å². The highest BCUT2D eigenvalue weighted by Crippen LogP contribution is 2.01. The molecule has 0 spiro atoms. The number of hydrogen-bond acceptors (Lipinski definition) is 4. The van der Waals surface area contributed by atoms with Crippen molar-refractivity contribution in [2.24, 2.45) is 0 Å². The van der Waals surface area contributed by atoms with Gasteiger partial charge in [0, 0.05) is 6.08 Å². The number of carbonyl (C=O) groups is 2. The van der Waals surface area contributed by atoms with Crippen LogP contribution in [0.2, 0.25) is 0 Å². The largest absolute Gasteiger partial charge is 0.463 e. The van der Waals surface area contributed by atoms with E-state index >= 15 is 0 Å². The van der Waals surface area contributed by atoms with E-state index in [1.54, 1.807) is 0 Å². The molecule has 0 bridgehead atoms. The molecule has 0 aliphatic heterocycles. The van der Waals surface area contributed by atoms with Crippen LogP contribution in [0.4, 0.5) is 0 Å². The third-order valence-corrected chi connectivity index (χ3v) is 1.03. The smallest absolute Gasteiger partial charge is 0.374 e. The highest BCUT2D eigenvalue weighted by atomic mass is 16.6. The highest BCUT2D eigenvalue weighted by molar-refractivity contribution is 5.92. The van der Waals surface area contributed by atoms with Crippen LogP contribution < -0.4 is 0 Å². The van der Waals surface area contributed by atoms with Crippen LogP contribution in [0, 0.1) is 0 Å². The van der Waals surface area contributed by atoms with Gasteiger partial charge in [0.15, 0.2) is 0 Å². The van der Waals surface area contributed by atoms with E-state index in [0.717, 1.165) is 6.08 Å². The van der Waals surface area contributed by atoms with Crippen molar-refractivity contribution in [3.63, 3.8) is 0 Å². The van der Waals surface area contributed by atoms with Crippen molar-refractivity contribution in [3.8, 4) is 0 Å². The Labute approximate surface area is 76.1 Å². The molecule has 4 nitrogen and oxygen atoms in total. The first-order valence-electron chi connectivity index (χ1n) is 3.41. The Balaban J connectivity index is 4.53. The quantitative estimate of drug-likeness (QED) is 0.281. The Morgan fingerprint density at radius 3 is 2.31 bits per heavy atom. The summed E-state index contributed by atoms with van der Waals surface area (Å²) < 4.78 is 8.89. The first-order chi connectivity index (χ1) is 6.15. The second-order valence-electron chi connectivity index (χ2n) is 1.88. The first kappa shape index (κ1) is 11.2. The number of carbonyl (C=O) groups excluding carboxylic acids is 2. The molecule has 0 saturated carbocycles. The molecule has 0 rings (SSSR count). The Morgan fingerprint density at radius 2 is 1.92 bits per heavy atom. The summed E-state index contributed by atoms with van der Waals surface area (Å²) in [6.45, 7) is 6.53. The predicted molar refractivity (Wildman–Crippen MR) is 46.6 cm³/mol. The molecule has 0 unspecified atom stereocenters. The molecular formula is C9H10O4. The van der Waals surface area contributed by atoms with E-state index in [2.05, 4.69) is 22.6 Å². The summed E-state index contributed by atoms with van der Waals surface area (Å²) in [5, 5.41) is 0. The second-order valence-corrected chi connectivity index (χ2v) is 1.88. The molecule has 0 atom stereocenters. The summed E-state index contributed by atoms with van der Waals surface area (Å²) in [5.74, 6) is -1.68. The molecule has 0 aromatic heterocycles. The fourth-order valence-electron chi connectivity index (χ4n) is 0.501. The number of hydrogen-bond donors (Lipinski definition) is 0. The maximum Gasteiger partial charge on any atom is 0.374 e. The van der Waals surface area contributed by atoms with Gasteiger partial charge in [-0.1, -0.05) is 19.2 Å². The lowest BCUT2D eigenvalue weighted by Gasteiger charge is -2.02. The standard InChI is InChI=1S/C9H10O4/c1-4-6-7(9(11)12-3)13-8(10)5-2/h4-6H,1-2H2,3H3/b7-6+. The van der Waals surface area contributed by atoms with Gasteiger partial charge in [0.2, 0.25) is 5.76 Å². The van der Waals surface area contributed by atoms with Gasteiger partial charge in [-0.05, 0) is 6.08 Å². The summed E-state index contributed by atoms with van der Waals surface area (Å²) in [4.78, 5) is 21.6. The molecule has 0 fully saturated rings. The third kappa shape index (κ3) is 3.91. The van der Waals surface area contributed by atoms with E-state index in [1.165, 1.54) is 19.3 Å². The van der Waals surface area contributed by atoms with Crippen molar-refractivity contribution in [1.29, 1.82) is 0 Å². The predicted octanol–water partition coefficient (Wildman–Crippen LogP) is 0.958. The molecule has 0 aliphatic rings. The van der Waals surface area contributed by atoms with Gasteiger partial charge in [0.05, 0.1) is 7.11 Å². The molecule has 0 aromatic carbocycles. The molecule has 13 heavy (non-hydrogen) atoms. The minimum Gasteiger partial charge on any atom is -0.463 e. The molecule has 0 heterocycles. The van der Waals surface area contributed by atoms with E-state index in [1.807, 2.05) is 0 Å². The SMILES string of the molecule is C=C/C=C(/OC(=O)C=C)C(=O)OC. The monoisotopic (exact) mass is 182 g/mol. The minimum atomic E-state index is -0.741. The van der Waals surface area contributed by atoms with Crippen molar-refractivity contribution < 1.29 is 19.1 Å². The second kappa shape index (κ2) is 5.77. The number of methoxy groups -OCH3 is 1. The molecule has 0 saturated heterocycles. The molecule has 70 valence electrons. The van der Waals surface area contributed by atoms with Gasteiger partial charge in [-0.3, -0.25) is 0 Å². The zero-order chi connectivity index (χ0) is 10.3. The van der Waals surface area contributed by atoms with Crippen LogP contribution in [0.15, 0.2) is 37.1 Å². The molecule has 0 aromatic rings. The van der Waals surface area contributed by atoms with Crippen LogP contribution in [0.3, 0.4) is 0 Å². The van der Waals surface area contributed by atoms with E-state index in [-0.39, 0.29) is 5.76 Å². The van der Waals surface area contributed by atoms with Gasteiger partial charge in [-0.15, -0.1) is 0 Å². The van der Waals surface area contributed by atoms with Crippen molar-refractivity contribution >= 4 is 11.9 Å². The van der Waals surface area contributed by atoms with Gasteiger partial charge in [0.25, 0.3) is 0 Å². The lowest BCUT2D eigenvalue weighted by molar-refractivity contribution is -0.147. The molecule has 0 amide bonds. The number of allylic oxidation sites excluding steroid dienone is 2. The van der Waals surface area contributed by atoms with Gasteiger partial charge < -0.3 is 9.47 Å². The topological polar surface area (TPSA) is 52.6 Å². The summed E-state index contributed by atoms with van der Waals surface area (Å²) in [5.41, 5.74) is 0. The van der Waals surface area contributed by atoms with E-state index < -0.39 is 11.9 Å². The lowest BCUT2D eigenvalue weighted by atomic mass is 10.4. The molecular weight excluding hydrogens is 172 g/mol. The van der Waals surface area contributed by atoms with Crippen LogP contribution in [0.25, 0.3) is 0 Å². The lowest BCUT2D eigenvalue weighted by Crippen LogP contribution is -2.11. The van der Waals surface area contributed by atoms with Gasteiger partial charge in [-0.25, -0.2) is 9.59 Å². The Kier molecular flexibility index (Phi) is 4.95. The highest BCUT2D eigenvalue weighted by Gasteiger charge is 2.12. The summed E-state index contributed by atoms with van der Waals surface area (Å²) >= 11 is 0. The number of ether oxygens (including phenoxy) is 2. The van der Waals surface area contributed by atoms with Crippen LogP contribution in [0.1, 0.15) is 0 Å². The molecule has 0 N–H and O–H groups in total. The fourth-order valence-corrected chi connectivity index (χ4v) is 0.501. The average molecular weight is 182 g/mol. The zero-order valence-corrected chi connectivity index (χ0v) is 7.28. The summed E-state index contributed by atoms with van der Waals surface area (Å²) in [6.07, 6.45) is 3.48. The zero-order valence-electron chi connectivity index (χ0n) is 7.28. The van der Waals surface area contributed by atoms with Gasteiger partial charge in [0.1, 0.15) is 0 Å². The van der Waals surface area contributed by atoms with Gasteiger partial charge >= 0.3 is 11.9 Å². The normalized spacial score (nSPS) is 10.1. The molecule has 4 heteroatoms. The Morgan fingerprint density at radius 1 is 1.31 bits per heavy atom. The van der Waals surface area contributed by atoms with E-state index in [4.69, 9.17) is 0 Å². The Hall–Kier alpha value is -1.84. The summed E-state index contributed by atoms with van der Waals surface area (Å²) in [6, 6.07) is 0. The number of rotatable bonds is 4.